The van der Waals surface area contributed by atoms with Gasteiger partial charge in [0.2, 0.25) is 0 Å². The van der Waals surface area contributed by atoms with Gasteiger partial charge in [-0.2, -0.15) is 11.8 Å². The molecule has 0 bridgehead atoms. The van der Waals surface area contributed by atoms with E-state index >= 15 is 0 Å². The summed E-state index contributed by atoms with van der Waals surface area (Å²) in [6.45, 7) is 6.96. The van der Waals surface area contributed by atoms with Crippen LogP contribution in [0.5, 0.6) is 0 Å². The number of nitrogens with two attached hydrogens (primary N) is 1. The summed E-state index contributed by atoms with van der Waals surface area (Å²) in [7, 11) is 0. The maximum absolute atomic E-state index is 5.56. The third kappa shape index (κ3) is 5.41. The van der Waals surface area contributed by atoms with Gasteiger partial charge in [-0.3, -0.25) is 4.90 Å². The maximum Gasteiger partial charge on any atom is 0.0824 e. The van der Waals surface area contributed by atoms with Crippen molar-refractivity contribution < 1.29 is 4.74 Å². The van der Waals surface area contributed by atoms with E-state index in [9.17, 15) is 0 Å². The van der Waals surface area contributed by atoms with Gasteiger partial charge in [-0.15, -0.1) is 12.4 Å². The van der Waals surface area contributed by atoms with Crippen LogP contribution in [0, 0.1) is 0 Å². The fraction of sp³-hybridized carbons (Fsp3) is 1.00. The van der Waals surface area contributed by atoms with Crippen LogP contribution in [0.2, 0.25) is 0 Å². The Kier molecular flexibility index (Phi) is 9.13. The molecule has 0 radical (unpaired) electrons. The minimum atomic E-state index is 0. The molecule has 1 saturated heterocycles. The van der Waals surface area contributed by atoms with Crippen LogP contribution in [0.15, 0.2) is 0 Å². The van der Waals surface area contributed by atoms with Gasteiger partial charge in [-0.1, -0.05) is 6.92 Å². The first kappa shape index (κ1) is 14.5. The molecule has 1 aliphatic rings. The van der Waals surface area contributed by atoms with Crippen LogP contribution in [0.1, 0.15) is 6.92 Å². The molecule has 86 valence electrons. The minimum Gasteiger partial charge on any atom is -0.374 e. The Labute approximate surface area is 97.1 Å². The number of morpholine rings is 1. The second kappa shape index (κ2) is 8.80. The fourth-order valence-corrected chi connectivity index (χ4v) is 2.14. The molecule has 0 amide bonds. The third-order valence-corrected chi connectivity index (χ3v) is 3.12. The molecule has 1 atom stereocenters. The molecule has 1 rings (SSSR count). The lowest BCUT2D eigenvalue weighted by Crippen LogP contribution is -2.46. The lowest BCUT2D eigenvalue weighted by atomic mass is 10.3. The van der Waals surface area contributed by atoms with Gasteiger partial charge >= 0.3 is 0 Å². The zero-order valence-electron chi connectivity index (χ0n) is 8.78. The molecule has 0 aliphatic carbocycles. The third-order valence-electron chi connectivity index (χ3n) is 2.24. The number of ether oxygens (including phenoxy) is 1. The van der Waals surface area contributed by atoms with Gasteiger partial charge in [0.1, 0.15) is 0 Å². The summed E-state index contributed by atoms with van der Waals surface area (Å²) in [5.41, 5.74) is 5.56. The second-order valence-corrected chi connectivity index (χ2v) is 4.62. The Balaban J connectivity index is 0.00000169. The molecule has 14 heavy (non-hydrogen) atoms. The zero-order valence-corrected chi connectivity index (χ0v) is 10.4. The van der Waals surface area contributed by atoms with Gasteiger partial charge < -0.3 is 10.5 Å². The van der Waals surface area contributed by atoms with E-state index in [-0.39, 0.29) is 18.5 Å². The molecule has 1 aliphatic heterocycles. The highest BCUT2D eigenvalue weighted by Crippen LogP contribution is 2.06. The predicted octanol–water partition coefficient (Wildman–Crippen LogP) is 0.821. The molecular formula is C9H21ClN2OS. The Morgan fingerprint density at radius 1 is 1.57 bits per heavy atom. The first-order valence-corrected chi connectivity index (χ1v) is 6.14. The molecule has 1 unspecified atom stereocenters. The van der Waals surface area contributed by atoms with Crippen molar-refractivity contribution in [1.29, 1.82) is 0 Å². The molecule has 0 aromatic heterocycles. The summed E-state index contributed by atoms with van der Waals surface area (Å²) in [4.78, 5) is 2.45. The first-order chi connectivity index (χ1) is 6.36. The van der Waals surface area contributed by atoms with Crippen molar-refractivity contribution in [3.05, 3.63) is 0 Å². The Morgan fingerprint density at radius 3 is 3.00 bits per heavy atom. The van der Waals surface area contributed by atoms with Gasteiger partial charge in [0, 0.05) is 31.9 Å². The average Bonchev–Trinajstić information content (AvgIpc) is 2.19. The van der Waals surface area contributed by atoms with Crippen molar-refractivity contribution >= 4 is 24.2 Å². The summed E-state index contributed by atoms with van der Waals surface area (Å²) >= 11 is 2.00. The highest BCUT2D eigenvalue weighted by molar-refractivity contribution is 7.99. The first-order valence-electron chi connectivity index (χ1n) is 4.98. The van der Waals surface area contributed by atoms with Crippen LogP contribution in [0.3, 0.4) is 0 Å². The molecule has 0 aromatic carbocycles. The number of nitrogens with zero attached hydrogens (tertiary/aromatic N) is 1. The van der Waals surface area contributed by atoms with Crippen LogP contribution in [0.25, 0.3) is 0 Å². The number of hydrogen-bond donors (Lipinski definition) is 1. The van der Waals surface area contributed by atoms with E-state index in [4.69, 9.17) is 10.5 Å². The average molecular weight is 241 g/mol. The van der Waals surface area contributed by atoms with Gasteiger partial charge in [0.15, 0.2) is 0 Å². The zero-order chi connectivity index (χ0) is 9.52. The number of rotatable bonds is 5. The Hall–Kier alpha value is 0.520. The Bertz CT molecular complexity index is 140. The van der Waals surface area contributed by atoms with E-state index in [0.29, 0.717) is 6.54 Å². The van der Waals surface area contributed by atoms with Crippen molar-refractivity contribution in [2.24, 2.45) is 5.73 Å². The predicted molar refractivity (Wildman–Crippen MR) is 65.5 cm³/mol. The Morgan fingerprint density at radius 2 is 2.36 bits per heavy atom. The second-order valence-electron chi connectivity index (χ2n) is 3.23. The SMILES string of the molecule is CCSCCN1CCOC(CN)C1.Cl. The van der Waals surface area contributed by atoms with E-state index in [1.165, 1.54) is 18.1 Å². The van der Waals surface area contributed by atoms with Gasteiger partial charge in [-0.05, 0) is 5.75 Å². The fourth-order valence-electron chi connectivity index (χ4n) is 1.46. The van der Waals surface area contributed by atoms with Crippen molar-refractivity contribution in [3.8, 4) is 0 Å². The van der Waals surface area contributed by atoms with Gasteiger partial charge in [0.25, 0.3) is 0 Å². The summed E-state index contributed by atoms with van der Waals surface area (Å²) < 4.78 is 5.49. The lowest BCUT2D eigenvalue weighted by Gasteiger charge is -2.32. The summed E-state index contributed by atoms with van der Waals surface area (Å²) in [6.07, 6.45) is 0.264. The number of hydrogen-bond acceptors (Lipinski definition) is 4. The molecule has 0 saturated carbocycles. The summed E-state index contributed by atoms with van der Waals surface area (Å²) in [6, 6.07) is 0. The van der Waals surface area contributed by atoms with E-state index in [1.54, 1.807) is 0 Å². The van der Waals surface area contributed by atoms with Crippen molar-refractivity contribution in [2.75, 3.05) is 44.3 Å². The molecule has 1 heterocycles. The van der Waals surface area contributed by atoms with E-state index < -0.39 is 0 Å². The normalized spacial score (nSPS) is 23.1. The monoisotopic (exact) mass is 240 g/mol. The van der Waals surface area contributed by atoms with Crippen molar-refractivity contribution in [3.63, 3.8) is 0 Å². The van der Waals surface area contributed by atoms with Gasteiger partial charge in [-0.25, -0.2) is 0 Å². The van der Waals surface area contributed by atoms with Crippen LogP contribution >= 0.6 is 24.2 Å². The van der Waals surface area contributed by atoms with Crippen LogP contribution in [-0.2, 0) is 4.74 Å². The quantitative estimate of drug-likeness (QED) is 0.723. The lowest BCUT2D eigenvalue weighted by molar-refractivity contribution is -0.0208. The van der Waals surface area contributed by atoms with E-state index in [1.807, 2.05) is 11.8 Å². The van der Waals surface area contributed by atoms with Crippen LogP contribution in [0.4, 0.5) is 0 Å². The molecule has 1 fully saturated rings. The molecule has 0 spiro atoms. The minimum absolute atomic E-state index is 0. The molecule has 5 heteroatoms. The van der Waals surface area contributed by atoms with E-state index in [0.717, 1.165) is 19.7 Å². The topological polar surface area (TPSA) is 38.5 Å². The molecule has 3 nitrogen and oxygen atoms in total. The van der Waals surface area contributed by atoms with Crippen LogP contribution < -0.4 is 5.73 Å². The summed E-state index contributed by atoms with van der Waals surface area (Å²) in [5.74, 6) is 2.44. The summed E-state index contributed by atoms with van der Waals surface area (Å²) in [5, 5.41) is 0. The van der Waals surface area contributed by atoms with Crippen molar-refractivity contribution in [1.82, 2.24) is 4.90 Å². The highest BCUT2D eigenvalue weighted by atomic mass is 35.5. The molecular weight excluding hydrogens is 220 g/mol. The smallest absolute Gasteiger partial charge is 0.0824 e. The maximum atomic E-state index is 5.56. The standard InChI is InChI=1S/C9H20N2OS.ClH/c1-2-13-6-4-11-3-5-12-9(7-10)8-11;/h9H,2-8,10H2,1H3;1H. The van der Waals surface area contributed by atoms with Gasteiger partial charge in [0.05, 0.1) is 12.7 Å². The largest absolute Gasteiger partial charge is 0.374 e. The molecule has 2 N–H and O–H groups in total. The molecule has 0 aromatic rings. The number of thioether (sulfide) groups is 1. The van der Waals surface area contributed by atoms with Crippen molar-refractivity contribution in [2.45, 2.75) is 13.0 Å². The van der Waals surface area contributed by atoms with E-state index in [2.05, 4.69) is 11.8 Å². The highest BCUT2D eigenvalue weighted by Gasteiger charge is 2.18. The number of halogens is 1. The van der Waals surface area contributed by atoms with Crippen LogP contribution in [-0.4, -0.2) is 55.3 Å².